The smallest absolute Gasteiger partial charge is 0.410 e. The van der Waals surface area contributed by atoms with Gasteiger partial charge >= 0.3 is 6.09 Å². The van der Waals surface area contributed by atoms with Crippen molar-refractivity contribution in [2.24, 2.45) is 5.41 Å². The van der Waals surface area contributed by atoms with Gasteiger partial charge in [-0.05, 0) is 25.8 Å². The first kappa shape index (κ1) is 13.7. The van der Waals surface area contributed by atoms with Gasteiger partial charge in [0.15, 0.2) is 0 Å². The van der Waals surface area contributed by atoms with Crippen LogP contribution in [0.4, 0.5) is 4.79 Å². The summed E-state index contributed by atoms with van der Waals surface area (Å²) >= 11 is 0. The molecule has 2 rings (SSSR count). The van der Waals surface area contributed by atoms with Gasteiger partial charge in [0, 0.05) is 25.0 Å². The monoisotopic (exact) mass is 254 g/mol. The lowest BCUT2D eigenvalue weighted by atomic mass is 9.82. The van der Waals surface area contributed by atoms with E-state index >= 15 is 0 Å². The van der Waals surface area contributed by atoms with E-state index in [-0.39, 0.29) is 17.6 Å². The van der Waals surface area contributed by atoms with Gasteiger partial charge in [-0.25, -0.2) is 4.79 Å². The molecule has 18 heavy (non-hydrogen) atoms. The number of hydrogen-bond donors (Lipinski definition) is 1. The second-order valence-corrected chi connectivity index (χ2v) is 6.23. The molecule has 0 spiro atoms. The van der Waals surface area contributed by atoms with Gasteiger partial charge in [0.1, 0.15) is 6.10 Å². The Hall–Kier alpha value is -0.770. The molecule has 0 aromatic carbocycles. The van der Waals surface area contributed by atoms with E-state index in [1.165, 1.54) is 12.8 Å². The van der Waals surface area contributed by atoms with Crippen molar-refractivity contribution in [2.75, 3.05) is 26.2 Å². The molecule has 104 valence electrons. The minimum Gasteiger partial charge on any atom is -0.445 e. The quantitative estimate of drug-likeness (QED) is 0.781. The third-order valence-electron chi connectivity index (χ3n) is 4.14. The highest BCUT2D eigenvalue weighted by Crippen LogP contribution is 2.28. The molecular weight excluding hydrogens is 228 g/mol. The van der Waals surface area contributed by atoms with Crippen molar-refractivity contribution in [3.05, 3.63) is 0 Å². The maximum Gasteiger partial charge on any atom is 0.410 e. The van der Waals surface area contributed by atoms with Crippen LogP contribution in [0.2, 0.25) is 0 Å². The maximum atomic E-state index is 12.2. The Morgan fingerprint density at radius 1 is 1.22 bits per heavy atom. The molecule has 2 fully saturated rings. The largest absolute Gasteiger partial charge is 0.445 e. The summed E-state index contributed by atoms with van der Waals surface area (Å²) in [5, 5.41) is 3.36. The number of nitrogens with zero attached hydrogens (tertiary/aromatic N) is 1. The molecule has 0 saturated carbocycles. The molecule has 0 bridgehead atoms. The lowest BCUT2D eigenvalue weighted by Gasteiger charge is -2.39. The second-order valence-electron chi connectivity index (χ2n) is 6.23. The summed E-state index contributed by atoms with van der Waals surface area (Å²) in [5.41, 5.74) is 0.0414. The van der Waals surface area contributed by atoms with Crippen LogP contribution in [0.3, 0.4) is 0 Å². The molecule has 0 aliphatic carbocycles. The lowest BCUT2D eigenvalue weighted by molar-refractivity contribution is -0.0132. The van der Waals surface area contributed by atoms with Crippen molar-refractivity contribution < 1.29 is 9.53 Å². The predicted octanol–water partition coefficient (Wildman–Crippen LogP) is 2.39. The molecule has 1 N–H and O–H groups in total. The molecule has 1 atom stereocenters. The predicted molar refractivity (Wildman–Crippen MR) is 71.6 cm³/mol. The van der Waals surface area contributed by atoms with E-state index in [0.29, 0.717) is 0 Å². The molecular formula is C14H26N2O2. The summed E-state index contributed by atoms with van der Waals surface area (Å²) in [6.45, 7) is 7.93. The van der Waals surface area contributed by atoms with Crippen molar-refractivity contribution in [3.8, 4) is 0 Å². The Morgan fingerprint density at radius 3 is 2.50 bits per heavy atom. The number of carbonyl (C=O) groups is 1. The van der Waals surface area contributed by atoms with Crippen LogP contribution in [0.5, 0.6) is 0 Å². The van der Waals surface area contributed by atoms with Crippen LogP contribution >= 0.6 is 0 Å². The Morgan fingerprint density at radius 2 is 1.89 bits per heavy atom. The van der Waals surface area contributed by atoms with Crippen molar-refractivity contribution in [1.82, 2.24) is 10.2 Å². The summed E-state index contributed by atoms with van der Waals surface area (Å²) < 4.78 is 5.75. The Balaban J connectivity index is 1.89. The zero-order valence-corrected chi connectivity index (χ0v) is 11.7. The van der Waals surface area contributed by atoms with Gasteiger partial charge in [0.05, 0.1) is 0 Å². The molecule has 2 saturated heterocycles. The van der Waals surface area contributed by atoms with Gasteiger partial charge < -0.3 is 15.0 Å². The number of ether oxygens (including phenoxy) is 1. The first-order valence-corrected chi connectivity index (χ1v) is 7.26. The van der Waals surface area contributed by atoms with Gasteiger partial charge in [-0.1, -0.05) is 26.7 Å². The number of amides is 1. The molecule has 1 unspecified atom stereocenters. The minimum atomic E-state index is -0.100. The average molecular weight is 254 g/mol. The Kier molecular flexibility index (Phi) is 4.49. The fraction of sp³-hybridized carbons (Fsp3) is 0.929. The number of hydrogen-bond acceptors (Lipinski definition) is 3. The fourth-order valence-electron chi connectivity index (χ4n) is 2.82. The minimum absolute atomic E-state index is 0.0414. The molecule has 2 heterocycles. The molecule has 2 aliphatic rings. The van der Waals surface area contributed by atoms with Gasteiger partial charge in [-0.3, -0.25) is 0 Å². The van der Waals surface area contributed by atoms with E-state index < -0.39 is 0 Å². The van der Waals surface area contributed by atoms with Crippen molar-refractivity contribution in [1.29, 1.82) is 0 Å². The molecule has 0 aromatic rings. The fourth-order valence-corrected chi connectivity index (χ4v) is 2.82. The molecule has 2 aliphatic heterocycles. The number of nitrogens with one attached hydrogen (secondary N) is 1. The molecule has 1 amide bonds. The van der Waals surface area contributed by atoms with Crippen molar-refractivity contribution in [2.45, 2.75) is 52.1 Å². The van der Waals surface area contributed by atoms with E-state index in [9.17, 15) is 4.79 Å². The van der Waals surface area contributed by atoms with Gasteiger partial charge in [0.2, 0.25) is 0 Å². The second kappa shape index (κ2) is 5.91. The van der Waals surface area contributed by atoms with Crippen molar-refractivity contribution >= 4 is 6.09 Å². The highest BCUT2D eigenvalue weighted by atomic mass is 16.6. The number of likely N-dealkylation sites (tertiary alicyclic amines) is 1. The normalized spacial score (nSPS) is 28.6. The maximum absolute atomic E-state index is 12.2. The standard InChI is InChI=1S/C14H26N2O2/c1-14(2)11-15-8-7-12(14)18-13(17)16-9-5-3-4-6-10-16/h12,15H,3-11H2,1-2H3. The summed E-state index contributed by atoms with van der Waals surface area (Å²) in [4.78, 5) is 14.1. The highest BCUT2D eigenvalue weighted by Gasteiger charge is 2.36. The van der Waals surface area contributed by atoms with Crippen LogP contribution in [0.25, 0.3) is 0 Å². The summed E-state index contributed by atoms with van der Waals surface area (Å²) in [6.07, 6.45) is 5.58. The van der Waals surface area contributed by atoms with Gasteiger partial charge in [0.25, 0.3) is 0 Å². The lowest BCUT2D eigenvalue weighted by Crippen LogP contribution is -2.49. The SMILES string of the molecule is CC1(C)CNCCC1OC(=O)N1CCCCCC1. The Labute approximate surface area is 110 Å². The molecule has 0 aromatic heterocycles. The molecule has 0 radical (unpaired) electrons. The summed E-state index contributed by atoms with van der Waals surface area (Å²) in [6, 6.07) is 0. The van der Waals surface area contributed by atoms with Crippen LogP contribution in [0.1, 0.15) is 46.0 Å². The number of carbonyl (C=O) groups excluding carboxylic acids is 1. The third-order valence-corrected chi connectivity index (χ3v) is 4.14. The number of piperidine rings is 1. The van der Waals surface area contributed by atoms with Crippen LogP contribution in [-0.2, 0) is 4.74 Å². The van der Waals surface area contributed by atoms with Crippen LogP contribution < -0.4 is 5.32 Å². The first-order chi connectivity index (χ1) is 8.59. The topological polar surface area (TPSA) is 41.6 Å². The Bertz CT molecular complexity index is 284. The van der Waals surface area contributed by atoms with E-state index in [4.69, 9.17) is 4.74 Å². The summed E-state index contributed by atoms with van der Waals surface area (Å²) in [7, 11) is 0. The van der Waals surface area contributed by atoms with E-state index in [0.717, 1.165) is 45.4 Å². The van der Waals surface area contributed by atoms with Crippen LogP contribution in [-0.4, -0.2) is 43.3 Å². The zero-order valence-electron chi connectivity index (χ0n) is 11.7. The van der Waals surface area contributed by atoms with E-state index in [1.807, 2.05) is 4.90 Å². The zero-order chi connectivity index (χ0) is 13.0. The third kappa shape index (κ3) is 3.37. The van der Waals surface area contributed by atoms with Crippen LogP contribution in [0.15, 0.2) is 0 Å². The van der Waals surface area contributed by atoms with E-state index in [1.54, 1.807) is 0 Å². The number of rotatable bonds is 1. The molecule has 4 heteroatoms. The first-order valence-electron chi connectivity index (χ1n) is 7.26. The highest BCUT2D eigenvalue weighted by molar-refractivity contribution is 5.67. The average Bonchev–Trinajstić information content (AvgIpc) is 2.60. The van der Waals surface area contributed by atoms with E-state index in [2.05, 4.69) is 19.2 Å². The van der Waals surface area contributed by atoms with Gasteiger partial charge in [-0.2, -0.15) is 0 Å². The van der Waals surface area contributed by atoms with Gasteiger partial charge in [-0.15, -0.1) is 0 Å². The van der Waals surface area contributed by atoms with Crippen LogP contribution in [0, 0.1) is 5.41 Å². The molecule has 4 nitrogen and oxygen atoms in total. The van der Waals surface area contributed by atoms with Crippen molar-refractivity contribution in [3.63, 3.8) is 0 Å². The summed E-state index contributed by atoms with van der Waals surface area (Å²) in [5.74, 6) is 0.